The van der Waals surface area contributed by atoms with E-state index in [0.717, 1.165) is 43.5 Å². The van der Waals surface area contributed by atoms with Gasteiger partial charge in [0.25, 0.3) is 0 Å². The number of nitrogens with one attached hydrogen (secondary N) is 1. The van der Waals surface area contributed by atoms with Crippen molar-refractivity contribution in [3.05, 3.63) is 71.3 Å². The van der Waals surface area contributed by atoms with Gasteiger partial charge in [0.15, 0.2) is 0 Å². The first-order valence-electron chi connectivity index (χ1n) is 7.88. The molecule has 0 aliphatic heterocycles. The molecule has 0 aromatic heterocycles. The number of hydrogen-bond donors (Lipinski definition) is 1. The van der Waals surface area contributed by atoms with Gasteiger partial charge in [-0.05, 0) is 56.0 Å². The topological polar surface area (TPSA) is 12.0 Å². The monoisotopic (exact) mass is 321 g/mol. The van der Waals surface area contributed by atoms with Gasteiger partial charge in [-0.15, -0.1) is 0 Å². The highest BCUT2D eigenvalue weighted by Gasteiger charge is 2.29. The van der Waals surface area contributed by atoms with E-state index in [0.29, 0.717) is 6.04 Å². The first kappa shape index (κ1) is 17.5. The van der Waals surface area contributed by atoms with E-state index in [1.165, 1.54) is 5.56 Å². The zero-order valence-corrected chi connectivity index (χ0v) is 13.2. The van der Waals surface area contributed by atoms with Gasteiger partial charge in [-0.25, -0.2) is 0 Å². The van der Waals surface area contributed by atoms with Gasteiger partial charge in [0, 0.05) is 6.04 Å². The van der Waals surface area contributed by atoms with E-state index < -0.39 is 11.7 Å². The predicted octanol–water partition coefficient (Wildman–Crippen LogP) is 4.86. The summed E-state index contributed by atoms with van der Waals surface area (Å²) in [6.45, 7) is 3.00. The summed E-state index contributed by atoms with van der Waals surface area (Å²) in [5, 5.41) is 3.46. The van der Waals surface area contributed by atoms with Gasteiger partial charge in [-0.2, -0.15) is 13.2 Å². The van der Waals surface area contributed by atoms with Crippen LogP contribution < -0.4 is 5.32 Å². The van der Waals surface area contributed by atoms with Crippen molar-refractivity contribution >= 4 is 0 Å². The molecule has 1 N–H and O–H groups in total. The Balaban J connectivity index is 1.69. The van der Waals surface area contributed by atoms with Gasteiger partial charge in [0.2, 0.25) is 0 Å². The molecule has 1 atom stereocenters. The van der Waals surface area contributed by atoms with E-state index in [9.17, 15) is 13.2 Å². The highest BCUT2D eigenvalue weighted by molar-refractivity contribution is 5.24. The number of benzene rings is 2. The molecular weight excluding hydrogens is 299 g/mol. The highest BCUT2D eigenvalue weighted by atomic mass is 19.4. The molecule has 2 aromatic carbocycles. The van der Waals surface area contributed by atoms with E-state index in [2.05, 4.69) is 24.4 Å². The van der Waals surface area contributed by atoms with E-state index in [1.54, 1.807) is 12.1 Å². The molecule has 2 aromatic rings. The number of rotatable bonds is 7. The van der Waals surface area contributed by atoms with Gasteiger partial charge in [0.05, 0.1) is 5.56 Å². The molecule has 0 aliphatic carbocycles. The summed E-state index contributed by atoms with van der Waals surface area (Å²) in [5.41, 5.74) is 1.65. The van der Waals surface area contributed by atoms with Crippen molar-refractivity contribution in [2.24, 2.45) is 0 Å². The van der Waals surface area contributed by atoms with Crippen molar-refractivity contribution < 1.29 is 13.2 Å². The summed E-state index contributed by atoms with van der Waals surface area (Å²) in [5.74, 6) is 0. The smallest absolute Gasteiger partial charge is 0.314 e. The maximum absolute atomic E-state index is 12.5. The Kier molecular flexibility index (Phi) is 6.22. The van der Waals surface area contributed by atoms with Gasteiger partial charge in [-0.1, -0.05) is 42.5 Å². The molecule has 0 aliphatic rings. The summed E-state index contributed by atoms with van der Waals surface area (Å²) >= 11 is 0. The second-order valence-electron chi connectivity index (χ2n) is 5.84. The molecule has 0 amide bonds. The van der Waals surface area contributed by atoms with Crippen LogP contribution in [0.2, 0.25) is 0 Å². The quantitative estimate of drug-likeness (QED) is 0.718. The molecule has 1 unspecified atom stereocenters. The Morgan fingerprint density at radius 3 is 2.17 bits per heavy atom. The lowest BCUT2D eigenvalue weighted by molar-refractivity contribution is -0.137. The lowest BCUT2D eigenvalue weighted by Gasteiger charge is -2.14. The van der Waals surface area contributed by atoms with E-state index >= 15 is 0 Å². The van der Waals surface area contributed by atoms with Crippen molar-refractivity contribution in [3.8, 4) is 0 Å². The van der Waals surface area contributed by atoms with Crippen molar-refractivity contribution in [3.63, 3.8) is 0 Å². The Labute approximate surface area is 135 Å². The Morgan fingerprint density at radius 1 is 0.913 bits per heavy atom. The van der Waals surface area contributed by atoms with Crippen LogP contribution in [0.1, 0.15) is 30.0 Å². The molecule has 4 heteroatoms. The Bertz CT molecular complexity index is 576. The molecule has 1 nitrogen and oxygen atoms in total. The molecule has 0 saturated carbocycles. The molecule has 2 rings (SSSR count). The predicted molar refractivity (Wildman–Crippen MR) is 87.4 cm³/mol. The molecule has 0 spiro atoms. The van der Waals surface area contributed by atoms with Crippen LogP contribution in [0, 0.1) is 0 Å². The van der Waals surface area contributed by atoms with Crippen LogP contribution in [0.5, 0.6) is 0 Å². The summed E-state index contributed by atoms with van der Waals surface area (Å²) in [6, 6.07) is 16.1. The van der Waals surface area contributed by atoms with E-state index in [4.69, 9.17) is 0 Å². The van der Waals surface area contributed by atoms with Crippen molar-refractivity contribution in [1.29, 1.82) is 0 Å². The molecule has 0 saturated heterocycles. The minimum absolute atomic E-state index is 0.380. The summed E-state index contributed by atoms with van der Waals surface area (Å²) in [6.07, 6.45) is -1.60. The molecule has 0 heterocycles. The number of halogens is 3. The van der Waals surface area contributed by atoms with Crippen molar-refractivity contribution in [2.45, 2.75) is 38.4 Å². The second-order valence-corrected chi connectivity index (χ2v) is 5.84. The molecule has 0 fully saturated rings. The van der Waals surface area contributed by atoms with Crippen molar-refractivity contribution in [2.75, 3.05) is 6.54 Å². The third-order valence-corrected chi connectivity index (χ3v) is 3.80. The van der Waals surface area contributed by atoms with E-state index in [-0.39, 0.29) is 0 Å². The normalized spacial score (nSPS) is 13.0. The zero-order chi connectivity index (χ0) is 16.7. The summed E-state index contributed by atoms with van der Waals surface area (Å²) in [4.78, 5) is 0. The zero-order valence-electron chi connectivity index (χ0n) is 13.2. The van der Waals surface area contributed by atoms with E-state index in [1.807, 2.05) is 18.2 Å². The number of alkyl halides is 3. The first-order chi connectivity index (χ1) is 10.9. The number of hydrogen-bond acceptors (Lipinski definition) is 1. The summed E-state index contributed by atoms with van der Waals surface area (Å²) in [7, 11) is 0. The van der Waals surface area contributed by atoms with Crippen molar-refractivity contribution in [1.82, 2.24) is 5.32 Å². The Morgan fingerprint density at radius 2 is 1.57 bits per heavy atom. The first-order valence-corrected chi connectivity index (χ1v) is 7.88. The van der Waals surface area contributed by atoms with Crippen LogP contribution in [0.25, 0.3) is 0 Å². The fourth-order valence-electron chi connectivity index (χ4n) is 2.54. The molecule has 124 valence electrons. The van der Waals surface area contributed by atoms with Crippen LogP contribution in [-0.4, -0.2) is 12.6 Å². The van der Waals surface area contributed by atoms with Gasteiger partial charge < -0.3 is 5.32 Å². The maximum atomic E-state index is 12.5. The van der Waals surface area contributed by atoms with Gasteiger partial charge in [-0.3, -0.25) is 0 Å². The minimum atomic E-state index is -4.26. The van der Waals surface area contributed by atoms with Crippen LogP contribution in [0.3, 0.4) is 0 Å². The summed E-state index contributed by atoms with van der Waals surface area (Å²) < 4.78 is 37.5. The second kappa shape index (κ2) is 8.16. The average molecular weight is 321 g/mol. The van der Waals surface area contributed by atoms with Gasteiger partial charge >= 0.3 is 6.18 Å². The molecular formula is C19H22F3N. The number of aryl methyl sites for hydroxylation is 1. The fourth-order valence-corrected chi connectivity index (χ4v) is 2.54. The Hall–Kier alpha value is -1.81. The van der Waals surface area contributed by atoms with Crippen LogP contribution in [0.4, 0.5) is 13.2 Å². The molecule has 0 radical (unpaired) electrons. The van der Waals surface area contributed by atoms with Crippen LogP contribution >= 0.6 is 0 Å². The third kappa shape index (κ3) is 6.06. The lowest BCUT2D eigenvalue weighted by Crippen LogP contribution is -2.29. The fraction of sp³-hybridized carbons (Fsp3) is 0.368. The third-order valence-electron chi connectivity index (χ3n) is 3.80. The highest BCUT2D eigenvalue weighted by Crippen LogP contribution is 2.29. The SMILES string of the molecule is CC(Cc1ccccc1)NCCCc1ccc(C(F)(F)F)cc1. The molecule has 23 heavy (non-hydrogen) atoms. The maximum Gasteiger partial charge on any atom is 0.416 e. The van der Waals surface area contributed by atoms with Crippen LogP contribution in [0.15, 0.2) is 54.6 Å². The van der Waals surface area contributed by atoms with Crippen LogP contribution in [-0.2, 0) is 19.0 Å². The standard InChI is InChI=1S/C19H22F3N/c1-15(14-17-6-3-2-4-7-17)23-13-5-8-16-9-11-18(12-10-16)19(20,21)22/h2-4,6-7,9-12,15,23H,5,8,13-14H2,1H3. The largest absolute Gasteiger partial charge is 0.416 e. The lowest BCUT2D eigenvalue weighted by atomic mass is 10.1. The average Bonchev–Trinajstić information content (AvgIpc) is 2.52. The molecule has 0 bridgehead atoms. The van der Waals surface area contributed by atoms with Gasteiger partial charge in [0.1, 0.15) is 0 Å². The minimum Gasteiger partial charge on any atom is -0.314 e.